The number of pyridine rings is 1. The Morgan fingerprint density at radius 1 is 1.15 bits per heavy atom. The molecule has 2 aromatic rings. The van der Waals surface area contributed by atoms with E-state index in [9.17, 15) is 9.59 Å². The molecule has 1 saturated heterocycles. The first kappa shape index (κ1) is 18.2. The Bertz CT molecular complexity index is 794. The van der Waals surface area contributed by atoms with Crippen LogP contribution >= 0.6 is 11.6 Å². The van der Waals surface area contributed by atoms with Gasteiger partial charge in [0.2, 0.25) is 11.8 Å². The fourth-order valence-electron chi connectivity index (χ4n) is 3.08. The predicted octanol–water partition coefficient (Wildman–Crippen LogP) is 3.55. The summed E-state index contributed by atoms with van der Waals surface area (Å²) in [5, 5.41) is 6.25. The topological polar surface area (TPSA) is 74.3 Å². The SMILES string of the molecule is CC(=O)Nc1ccc(NC(=O)[C@H]2CCCN(c3ncccc3Cl)C2)cc1. The summed E-state index contributed by atoms with van der Waals surface area (Å²) in [6, 6.07) is 10.7. The minimum atomic E-state index is -0.128. The number of hydrogen-bond donors (Lipinski definition) is 2. The molecule has 0 aliphatic carbocycles. The number of anilines is 3. The van der Waals surface area contributed by atoms with Gasteiger partial charge in [0.05, 0.1) is 10.9 Å². The second-order valence-corrected chi connectivity index (χ2v) is 6.75. The van der Waals surface area contributed by atoms with Crippen LogP contribution < -0.4 is 15.5 Å². The number of rotatable bonds is 4. The normalized spacial score (nSPS) is 16.8. The van der Waals surface area contributed by atoms with Gasteiger partial charge in [-0.3, -0.25) is 9.59 Å². The molecule has 2 N–H and O–H groups in total. The smallest absolute Gasteiger partial charge is 0.229 e. The lowest BCUT2D eigenvalue weighted by Crippen LogP contribution is -2.41. The van der Waals surface area contributed by atoms with Crippen LogP contribution in [0.3, 0.4) is 0 Å². The van der Waals surface area contributed by atoms with Crippen molar-refractivity contribution in [3.63, 3.8) is 0 Å². The lowest BCUT2D eigenvalue weighted by molar-refractivity contribution is -0.120. The molecule has 1 aromatic heterocycles. The first-order valence-corrected chi connectivity index (χ1v) is 8.94. The van der Waals surface area contributed by atoms with E-state index in [0.29, 0.717) is 22.9 Å². The number of halogens is 1. The summed E-state index contributed by atoms with van der Waals surface area (Å²) >= 11 is 6.23. The number of aromatic nitrogens is 1. The van der Waals surface area contributed by atoms with Gasteiger partial charge in [0, 0.05) is 37.6 Å². The van der Waals surface area contributed by atoms with Gasteiger partial charge in [0.15, 0.2) is 0 Å². The van der Waals surface area contributed by atoms with Crippen LogP contribution in [-0.4, -0.2) is 29.9 Å². The van der Waals surface area contributed by atoms with Gasteiger partial charge >= 0.3 is 0 Å². The Kier molecular flexibility index (Phi) is 5.73. The van der Waals surface area contributed by atoms with Crippen molar-refractivity contribution in [2.45, 2.75) is 19.8 Å². The molecule has 0 saturated carbocycles. The van der Waals surface area contributed by atoms with Crippen molar-refractivity contribution >= 4 is 40.6 Å². The summed E-state index contributed by atoms with van der Waals surface area (Å²) in [5.74, 6) is 0.453. The molecule has 1 fully saturated rings. The van der Waals surface area contributed by atoms with Crippen LogP contribution in [-0.2, 0) is 9.59 Å². The Morgan fingerprint density at radius 2 is 1.85 bits per heavy atom. The number of carbonyl (C=O) groups excluding carboxylic acids is 2. The Morgan fingerprint density at radius 3 is 2.50 bits per heavy atom. The van der Waals surface area contributed by atoms with Gasteiger partial charge in [-0.25, -0.2) is 4.98 Å². The van der Waals surface area contributed by atoms with Crippen LogP contribution in [0, 0.1) is 5.92 Å². The van der Waals surface area contributed by atoms with E-state index in [1.807, 2.05) is 6.07 Å². The number of amides is 2. The number of piperidine rings is 1. The fraction of sp³-hybridized carbons (Fsp3) is 0.316. The number of carbonyl (C=O) groups is 2. The highest BCUT2D eigenvalue weighted by atomic mass is 35.5. The molecule has 6 nitrogen and oxygen atoms in total. The zero-order chi connectivity index (χ0) is 18.5. The van der Waals surface area contributed by atoms with Crippen LogP contribution in [0.1, 0.15) is 19.8 Å². The van der Waals surface area contributed by atoms with Gasteiger partial charge in [0.25, 0.3) is 0 Å². The van der Waals surface area contributed by atoms with Gasteiger partial charge < -0.3 is 15.5 Å². The van der Waals surface area contributed by atoms with Crippen molar-refractivity contribution in [1.82, 2.24) is 4.98 Å². The standard InChI is InChI=1S/C19H21ClN4O2/c1-13(25)22-15-6-8-16(9-7-15)23-19(26)14-4-3-11-24(12-14)18-17(20)5-2-10-21-18/h2,5-10,14H,3-4,11-12H2,1H3,(H,22,25)(H,23,26)/t14-/m0/s1. The van der Waals surface area contributed by atoms with E-state index in [1.54, 1.807) is 36.5 Å². The molecular weight excluding hydrogens is 352 g/mol. The second-order valence-electron chi connectivity index (χ2n) is 6.34. The van der Waals surface area contributed by atoms with E-state index in [0.717, 1.165) is 25.2 Å². The molecule has 0 unspecified atom stereocenters. The van der Waals surface area contributed by atoms with Gasteiger partial charge in [-0.05, 0) is 49.2 Å². The minimum Gasteiger partial charge on any atom is -0.355 e. The molecule has 0 radical (unpaired) electrons. The van der Waals surface area contributed by atoms with Crippen LogP contribution in [0.2, 0.25) is 5.02 Å². The average Bonchev–Trinajstić information content (AvgIpc) is 2.63. The van der Waals surface area contributed by atoms with Gasteiger partial charge in [-0.1, -0.05) is 11.6 Å². The largest absolute Gasteiger partial charge is 0.355 e. The molecule has 0 spiro atoms. The summed E-state index contributed by atoms with van der Waals surface area (Å²) in [7, 11) is 0. The number of hydrogen-bond acceptors (Lipinski definition) is 4. The monoisotopic (exact) mass is 372 g/mol. The number of nitrogens with zero attached hydrogens (tertiary/aromatic N) is 2. The van der Waals surface area contributed by atoms with Crippen molar-refractivity contribution < 1.29 is 9.59 Å². The van der Waals surface area contributed by atoms with E-state index in [2.05, 4.69) is 20.5 Å². The fourth-order valence-corrected chi connectivity index (χ4v) is 3.32. The first-order chi connectivity index (χ1) is 12.5. The molecule has 3 rings (SSSR count). The van der Waals surface area contributed by atoms with Crippen LogP contribution in [0.15, 0.2) is 42.6 Å². The van der Waals surface area contributed by atoms with Crippen molar-refractivity contribution in [2.75, 3.05) is 28.6 Å². The molecule has 1 aliphatic rings. The molecule has 0 bridgehead atoms. The van der Waals surface area contributed by atoms with E-state index >= 15 is 0 Å². The molecule has 1 atom stereocenters. The molecule has 136 valence electrons. The van der Waals surface area contributed by atoms with E-state index in [-0.39, 0.29) is 17.7 Å². The van der Waals surface area contributed by atoms with Crippen molar-refractivity contribution in [2.24, 2.45) is 5.92 Å². The maximum atomic E-state index is 12.6. The Labute approximate surface area is 157 Å². The zero-order valence-electron chi connectivity index (χ0n) is 14.5. The maximum absolute atomic E-state index is 12.6. The molecule has 26 heavy (non-hydrogen) atoms. The third kappa shape index (κ3) is 4.52. The van der Waals surface area contributed by atoms with Gasteiger partial charge in [-0.2, -0.15) is 0 Å². The minimum absolute atomic E-state index is 0.0194. The summed E-state index contributed by atoms with van der Waals surface area (Å²) in [4.78, 5) is 30.1. The molecule has 2 amide bonds. The molecule has 7 heteroatoms. The van der Waals surface area contributed by atoms with E-state index in [1.165, 1.54) is 6.92 Å². The Hall–Kier alpha value is -2.60. The average molecular weight is 373 g/mol. The quantitative estimate of drug-likeness (QED) is 0.860. The lowest BCUT2D eigenvalue weighted by Gasteiger charge is -2.33. The van der Waals surface area contributed by atoms with Crippen molar-refractivity contribution in [1.29, 1.82) is 0 Å². The van der Waals surface area contributed by atoms with Crippen molar-refractivity contribution in [3.8, 4) is 0 Å². The van der Waals surface area contributed by atoms with Crippen molar-refractivity contribution in [3.05, 3.63) is 47.6 Å². The molecule has 2 heterocycles. The van der Waals surface area contributed by atoms with Crippen LogP contribution in [0.4, 0.5) is 17.2 Å². The molecular formula is C19H21ClN4O2. The maximum Gasteiger partial charge on any atom is 0.229 e. The summed E-state index contributed by atoms with van der Waals surface area (Å²) in [6.07, 6.45) is 3.45. The highest BCUT2D eigenvalue weighted by Crippen LogP contribution is 2.28. The summed E-state index contributed by atoms with van der Waals surface area (Å²) < 4.78 is 0. The summed E-state index contributed by atoms with van der Waals surface area (Å²) in [5.41, 5.74) is 1.40. The third-order valence-corrected chi connectivity index (χ3v) is 4.60. The summed E-state index contributed by atoms with van der Waals surface area (Å²) in [6.45, 7) is 2.89. The van der Waals surface area contributed by atoms with Gasteiger partial charge in [0.1, 0.15) is 5.82 Å². The van der Waals surface area contributed by atoms with Crippen LogP contribution in [0.25, 0.3) is 0 Å². The highest BCUT2D eigenvalue weighted by Gasteiger charge is 2.27. The van der Waals surface area contributed by atoms with Crippen LogP contribution in [0.5, 0.6) is 0 Å². The third-order valence-electron chi connectivity index (χ3n) is 4.30. The highest BCUT2D eigenvalue weighted by molar-refractivity contribution is 6.32. The zero-order valence-corrected chi connectivity index (χ0v) is 15.3. The molecule has 1 aromatic carbocycles. The first-order valence-electron chi connectivity index (χ1n) is 8.57. The number of benzene rings is 1. The second kappa shape index (κ2) is 8.19. The van der Waals surface area contributed by atoms with Gasteiger partial charge in [-0.15, -0.1) is 0 Å². The van der Waals surface area contributed by atoms with E-state index < -0.39 is 0 Å². The predicted molar refractivity (Wildman–Crippen MR) is 104 cm³/mol. The molecule has 1 aliphatic heterocycles. The Balaban J connectivity index is 1.62. The van der Waals surface area contributed by atoms with E-state index in [4.69, 9.17) is 11.6 Å². The number of nitrogens with one attached hydrogen (secondary N) is 2. The lowest BCUT2D eigenvalue weighted by atomic mass is 9.97.